The van der Waals surface area contributed by atoms with Crippen LogP contribution in [-0.4, -0.2) is 43.1 Å². The topological polar surface area (TPSA) is 71.1 Å². The van der Waals surface area contributed by atoms with Crippen LogP contribution < -0.4 is 0 Å². The molecule has 6 rings (SSSR count). The minimum atomic E-state index is -0.873. The highest BCUT2D eigenvalue weighted by Gasteiger charge is 2.77. The van der Waals surface area contributed by atoms with E-state index in [1.165, 1.54) is 0 Å². The molecular weight excluding hydrogens is 372 g/mol. The number of hydrogen-bond donors (Lipinski definition) is 0. The molecule has 4 aliphatic carbocycles. The van der Waals surface area contributed by atoms with Crippen molar-refractivity contribution < 1.29 is 28.5 Å². The fourth-order valence-electron chi connectivity index (χ4n) is 8.83. The third kappa shape index (κ3) is 2.12. The van der Waals surface area contributed by atoms with Gasteiger partial charge < -0.3 is 18.9 Å². The molecule has 4 saturated carbocycles. The summed E-state index contributed by atoms with van der Waals surface area (Å²) in [5, 5.41) is 0. The van der Waals surface area contributed by atoms with E-state index in [0.717, 1.165) is 32.1 Å². The summed E-state index contributed by atoms with van der Waals surface area (Å²) in [7, 11) is 0. The summed E-state index contributed by atoms with van der Waals surface area (Å²) in [6.07, 6.45) is 6.71. The number of rotatable bonds is 0. The van der Waals surface area contributed by atoms with Crippen LogP contribution in [0.5, 0.6) is 0 Å². The lowest BCUT2D eigenvalue weighted by Gasteiger charge is -2.60. The zero-order valence-electron chi connectivity index (χ0n) is 17.5. The largest absolute Gasteiger partial charge is 0.350 e. The van der Waals surface area contributed by atoms with Crippen LogP contribution in [0.15, 0.2) is 0 Å². The third-order valence-corrected chi connectivity index (χ3v) is 10.2. The first kappa shape index (κ1) is 18.9. The summed E-state index contributed by atoms with van der Waals surface area (Å²) >= 11 is 0. The van der Waals surface area contributed by atoms with Crippen LogP contribution in [0.25, 0.3) is 0 Å². The fraction of sp³-hybridized carbons (Fsp3) is 0.913. The Balaban J connectivity index is 1.39. The molecule has 6 aliphatic rings. The Bertz CT molecular complexity index is 753. The Morgan fingerprint density at radius 3 is 2.59 bits per heavy atom. The lowest BCUT2D eigenvalue weighted by Crippen LogP contribution is -2.66. The van der Waals surface area contributed by atoms with E-state index >= 15 is 0 Å². The molecule has 0 aromatic carbocycles. The van der Waals surface area contributed by atoms with Crippen molar-refractivity contribution in [3.8, 4) is 0 Å². The van der Waals surface area contributed by atoms with E-state index in [0.29, 0.717) is 55.2 Å². The molecule has 6 fully saturated rings. The molecule has 0 bridgehead atoms. The summed E-state index contributed by atoms with van der Waals surface area (Å²) < 4.78 is 24.0. The van der Waals surface area contributed by atoms with Gasteiger partial charge in [-0.25, -0.2) is 0 Å². The lowest BCUT2D eigenvalue weighted by atomic mass is 9.43. The van der Waals surface area contributed by atoms with Crippen LogP contribution in [0.3, 0.4) is 0 Å². The average Bonchev–Trinajstić information content (AvgIpc) is 3.37. The molecule has 2 heterocycles. The van der Waals surface area contributed by atoms with Crippen molar-refractivity contribution in [2.45, 2.75) is 76.6 Å². The molecule has 0 amide bonds. The van der Waals surface area contributed by atoms with Gasteiger partial charge in [-0.2, -0.15) is 0 Å². The van der Waals surface area contributed by atoms with Crippen molar-refractivity contribution in [1.82, 2.24) is 0 Å². The second-order valence-corrected chi connectivity index (χ2v) is 11.0. The summed E-state index contributed by atoms with van der Waals surface area (Å²) in [5.74, 6) is 1.14. The molecule has 8 atom stereocenters. The van der Waals surface area contributed by atoms with Crippen LogP contribution in [0, 0.1) is 34.5 Å². The molecule has 2 spiro atoms. The van der Waals surface area contributed by atoms with E-state index in [4.69, 9.17) is 18.9 Å². The Morgan fingerprint density at radius 2 is 1.79 bits per heavy atom. The normalized spacial score (nSPS) is 56.6. The van der Waals surface area contributed by atoms with Crippen molar-refractivity contribution in [2.24, 2.45) is 34.5 Å². The molecule has 0 N–H and O–H groups in total. The second kappa shape index (κ2) is 5.90. The van der Waals surface area contributed by atoms with Gasteiger partial charge in [0.05, 0.1) is 0 Å². The molecule has 2 aliphatic heterocycles. The predicted octanol–water partition coefficient (Wildman–Crippen LogP) is 3.22. The van der Waals surface area contributed by atoms with Gasteiger partial charge in [0.1, 0.15) is 23.8 Å². The highest BCUT2D eigenvalue weighted by molar-refractivity contribution is 5.86. The number of carbonyl (C=O) groups is 2. The van der Waals surface area contributed by atoms with E-state index in [-0.39, 0.29) is 30.3 Å². The second-order valence-electron chi connectivity index (χ2n) is 11.0. The first-order valence-electron chi connectivity index (χ1n) is 11.4. The molecule has 0 aromatic heterocycles. The smallest absolute Gasteiger partial charge is 0.226 e. The summed E-state index contributed by atoms with van der Waals surface area (Å²) in [4.78, 5) is 25.9. The fourth-order valence-corrected chi connectivity index (χ4v) is 8.83. The van der Waals surface area contributed by atoms with Crippen LogP contribution in [0.4, 0.5) is 0 Å². The van der Waals surface area contributed by atoms with E-state index in [9.17, 15) is 9.59 Å². The Morgan fingerprint density at radius 1 is 0.966 bits per heavy atom. The molecule has 0 unspecified atom stereocenters. The SMILES string of the molecule is C[C@]12CCC(=O)C[C@H]1CC[C@@H]1[C@H]2C(=O)C[C@@]2(C)[C@H]1CC[C@@]21OCO[C@@]12COCO2. The standard InChI is InChI=1S/C23H32O6/c1-20-7-5-15(24)9-14(20)3-4-16-17-6-8-22(21(17,2)10-18(25)19(16)20)23(29-13-27-22)11-26-12-28-23/h14,16-17,19H,3-13H2,1-2H3/t14-,16+,17+,19+,20+,21+,22-,23+/m1/s1. The van der Waals surface area contributed by atoms with Crippen molar-refractivity contribution >= 4 is 11.6 Å². The minimum absolute atomic E-state index is 0.0251. The Hall–Kier alpha value is -0.820. The number of carbonyl (C=O) groups excluding carboxylic acids is 2. The lowest BCUT2D eigenvalue weighted by molar-refractivity contribution is -0.247. The number of ether oxygens (including phenoxy) is 4. The van der Waals surface area contributed by atoms with E-state index in [1.807, 2.05) is 0 Å². The van der Waals surface area contributed by atoms with Gasteiger partial charge >= 0.3 is 0 Å². The van der Waals surface area contributed by atoms with E-state index in [2.05, 4.69) is 13.8 Å². The van der Waals surface area contributed by atoms with Gasteiger partial charge in [-0.3, -0.25) is 9.59 Å². The highest BCUT2D eigenvalue weighted by atomic mass is 16.9. The van der Waals surface area contributed by atoms with Crippen LogP contribution >= 0.6 is 0 Å². The Kier molecular flexibility index (Phi) is 3.85. The number of hydrogen-bond acceptors (Lipinski definition) is 6. The van der Waals surface area contributed by atoms with Gasteiger partial charge in [-0.1, -0.05) is 13.8 Å². The number of ketones is 2. The molecule has 160 valence electrons. The quantitative estimate of drug-likeness (QED) is 0.617. The third-order valence-electron chi connectivity index (χ3n) is 10.2. The number of Topliss-reactive ketones (excluding diaryl/α,β-unsaturated/α-hetero) is 2. The van der Waals surface area contributed by atoms with Crippen LogP contribution in [0.1, 0.15) is 65.2 Å². The van der Waals surface area contributed by atoms with Gasteiger partial charge in [0.25, 0.3) is 0 Å². The molecule has 2 saturated heterocycles. The van der Waals surface area contributed by atoms with Gasteiger partial charge in [0, 0.05) is 30.6 Å². The maximum atomic E-state index is 13.8. The minimum Gasteiger partial charge on any atom is -0.350 e. The molecule has 6 heteroatoms. The van der Waals surface area contributed by atoms with Gasteiger partial charge in [0.2, 0.25) is 5.79 Å². The maximum absolute atomic E-state index is 13.8. The summed E-state index contributed by atoms with van der Waals surface area (Å²) in [6, 6.07) is 0. The van der Waals surface area contributed by atoms with Gasteiger partial charge in [-0.05, 0) is 55.3 Å². The molecule has 0 aromatic rings. The molecular formula is C23H32O6. The predicted molar refractivity (Wildman–Crippen MR) is 102 cm³/mol. The van der Waals surface area contributed by atoms with E-state index in [1.54, 1.807) is 0 Å². The van der Waals surface area contributed by atoms with Crippen molar-refractivity contribution in [2.75, 3.05) is 20.2 Å². The molecule has 6 nitrogen and oxygen atoms in total. The zero-order chi connectivity index (χ0) is 20.1. The summed E-state index contributed by atoms with van der Waals surface area (Å²) in [6.45, 7) is 5.35. The molecule has 0 radical (unpaired) electrons. The van der Waals surface area contributed by atoms with Crippen molar-refractivity contribution in [3.05, 3.63) is 0 Å². The van der Waals surface area contributed by atoms with Crippen LogP contribution in [0.2, 0.25) is 0 Å². The first-order valence-corrected chi connectivity index (χ1v) is 11.4. The highest BCUT2D eigenvalue weighted by Crippen LogP contribution is 2.71. The molecule has 29 heavy (non-hydrogen) atoms. The monoisotopic (exact) mass is 404 g/mol. The number of fused-ring (bicyclic) bond motifs is 7. The van der Waals surface area contributed by atoms with Crippen molar-refractivity contribution in [1.29, 1.82) is 0 Å². The van der Waals surface area contributed by atoms with Crippen molar-refractivity contribution in [3.63, 3.8) is 0 Å². The average molecular weight is 405 g/mol. The first-order chi connectivity index (χ1) is 13.9. The maximum Gasteiger partial charge on any atom is 0.226 e. The summed E-state index contributed by atoms with van der Waals surface area (Å²) in [5.41, 5.74) is -0.937. The van der Waals surface area contributed by atoms with Gasteiger partial charge in [0.15, 0.2) is 13.6 Å². The van der Waals surface area contributed by atoms with E-state index < -0.39 is 11.4 Å². The van der Waals surface area contributed by atoms with Gasteiger partial charge in [-0.15, -0.1) is 0 Å². The Labute approximate surface area is 172 Å². The zero-order valence-corrected chi connectivity index (χ0v) is 17.5. The van der Waals surface area contributed by atoms with Crippen LogP contribution in [-0.2, 0) is 28.5 Å².